The summed E-state index contributed by atoms with van der Waals surface area (Å²) in [5.41, 5.74) is 0.200. The highest BCUT2D eigenvalue weighted by Crippen LogP contribution is 2.21. The van der Waals surface area contributed by atoms with Crippen LogP contribution in [0.3, 0.4) is 0 Å². The highest BCUT2D eigenvalue weighted by atomic mass is 35.5. The maximum Gasteiger partial charge on any atom is 0.336 e. The summed E-state index contributed by atoms with van der Waals surface area (Å²) in [5.74, 6) is -0.569. The van der Waals surface area contributed by atoms with Crippen molar-refractivity contribution in [2.75, 3.05) is 10.0 Å². The van der Waals surface area contributed by atoms with Gasteiger partial charge in [-0.1, -0.05) is 23.7 Å². The zero-order chi connectivity index (χ0) is 22.0. The minimum absolute atomic E-state index is 0.135. The first-order valence-corrected chi connectivity index (χ1v) is 10.8. The highest BCUT2D eigenvalue weighted by Gasteiger charge is 2.18. The number of sulfonamides is 1. The number of benzene rings is 2. The Morgan fingerprint density at radius 3 is 2.52 bits per heavy atom. The van der Waals surface area contributed by atoms with E-state index < -0.39 is 21.6 Å². The first-order valence-electron chi connectivity index (χ1n) is 8.90. The van der Waals surface area contributed by atoms with E-state index in [-0.39, 0.29) is 21.9 Å². The molecule has 4 rings (SSSR count). The van der Waals surface area contributed by atoms with E-state index in [4.69, 9.17) is 16.0 Å². The molecule has 156 valence electrons. The van der Waals surface area contributed by atoms with Gasteiger partial charge in [-0.05, 0) is 42.5 Å². The van der Waals surface area contributed by atoms with Gasteiger partial charge in [-0.3, -0.25) is 9.52 Å². The quantitative estimate of drug-likeness (QED) is 0.440. The van der Waals surface area contributed by atoms with Crippen LogP contribution >= 0.6 is 11.6 Å². The Balaban J connectivity index is 1.60. The number of nitrogens with zero attached hydrogens (tertiary/aromatic N) is 1. The number of fused-ring (bicyclic) bond motifs is 1. The van der Waals surface area contributed by atoms with Crippen molar-refractivity contribution >= 4 is 49.9 Å². The fourth-order valence-electron chi connectivity index (χ4n) is 2.83. The van der Waals surface area contributed by atoms with Gasteiger partial charge in [0, 0.05) is 40.1 Å². The lowest BCUT2D eigenvalue weighted by molar-refractivity contribution is 0.102. The number of aromatic nitrogens is 1. The Kier molecular flexibility index (Phi) is 5.45. The average molecular weight is 456 g/mol. The molecular formula is C21H14ClN3O5S. The second-order valence-corrected chi connectivity index (χ2v) is 8.49. The Labute approximate surface area is 181 Å². The normalized spacial score (nSPS) is 11.3. The fourth-order valence-corrected chi connectivity index (χ4v) is 3.99. The van der Waals surface area contributed by atoms with Crippen LogP contribution in [-0.2, 0) is 10.0 Å². The predicted octanol–water partition coefficient (Wildman–Crippen LogP) is 3.89. The van der Waals surface area contributed by atoms with E-state index in [0.29, 0.717) is 16.1 Å². The molecule has 0 aliphatic carbocycles. The van der Waals surface area contributed by atoms with Crippen LogP contribution in [0, 0.1) is 0 Å². The van der Waals surface area contributed by atoms with Crippen LogP contribution in [0.5, 0.6) is 0 Å². The molecule has 0 fully saturated rings. The molecule has 2 aromatic heterocycles. The zero-order valence-corrected chi connectivity index (χ0v) is 17.3. The van der Waals surface area contributed by atoms with Crippen LogP contribution in [-0.4, -0.2) is 19.3 Å². The molecule has 10 heteroatoms. The van der Waals surface area contributed by atoms with E-state index >= 15 is 0 Å². The topological polar surface area (TPSA) is 118 Å². The number of hydrogen-bond donors (Lipinski definition) is 2. The maximum atomic E-state index is 12.8. The summed E-state index contributed by atoms with van der Waals surface area (Å²) in [7, 11) is -4.00. The summed E-state index contributed by atoms with van der Waals surface area (Å²) in [5, 5.41) is 3.36. The molecule has 1 amide bonds. The van der Waals surface area contributed by atoms with Crippen molar-refractivity contribution in [2.45, 2.75) is 5.03 Å². The second kappa shape index (κ2) is 8.21. The summed E-state index contributed by atoms with van der Waals surface area (Å²) in [6, 6.07) is 16.5. The van der Waals surface area contributed by atoms with Crippen LogP contribution in [0.4, 0.5) is 11.4 Å². The Bertz CT molecular complexity index is 1450. The van der Waals surface area contributed by atoms with Crippen molar-refractivity contribution in [1.29, 1.82) is 0 Å². The van der Waals surface area contributed by atoms with E-state index in [0.717, 1.165) is 0 Å². The molecule has 0 saturated carbocycles. The molecule has 0 bridgehead atoms. The van der Waals surface area contributed by atoms with Crippen LogP contribution in [0.2, 0.25) is 5.02 Å². The third-order valence-corrected chi connectivity index (χ3v) is 5.79. The molecule has 0 unspecified atom stereocenters. The van der Waals surface area contributed by atoms with E-state index in [1.807, 2.05) is 0 Å². The van der Waals surface area contributed by atoms with Crippen LogP contribution in [0.25, 0.3) is 11.0 Å². The van der Waals surface area contributed by atoms with Gasteiger partial charge in [0.25, 0.3) is 15.9 Å². The van der Waals surface area contributed by atoms with Crippen molar-refractivity contribution in [1.82, 2.24) is 4.98 Å². The van der Waals surface area contributed by atoms with Gasteiger partial charge in [0.2, 0.25) is 0 Å². The lowest BCUT2D eigenvalue weighted by atomic mass is 10.1. The van der Waals surface area contributed by atoms with Crippen LogP contribution < -0.4 is 15.7 Å². The minimum atomic E-state index is -4.00. The van der Waals surface area contributed by atoms with Gasteiger partial charge in [0.15, 0.2) is 10.6 Å². The molecule has 0 aliphatic heterocycles. The molecular weight excluding hydrogens is 442 g/mol. The number of para-hydroxylation sites is 1. The Hall–Kier alpha value is -3.69. The third kappa shape index (κ3) is 4.57. The largest absolute Gasteiger partial charge is 0.422 e. The Morgan fingerprint density at radius 2 is 1.74 bits per heavy atom. The van der Waals surface area contributed by atoms with Crippen LogP contribution in [0.15, 0.2) is 87.2 Å². The number of anilines is 2. The van der Waals surface area contributed by atoms with E-state index in [1.54, 1.807) is 30.3 Å². The molecule has 4 aromatic rings. The monoisotopic (exact) mass is 455 g/mol. The van der Waals surface area contributed by atoms with Crippen molar-refractivity contribution in [3.05, 3.63) is 93.9 Å². The lowest BCUT2D eigenvalue weighted by Crippen LogP contribution is -2.16. The summed E-state index contributed by atoms with van der Waals surface area (Å²) in [6.07, 6.45) is 1.26. The maximum absolute atomic E-state index is 12.8. The zero-order valence-electron chi connectivity index (χ0n) is 15.7. The molecule has 0 aliphatic rings. The molecule has 0 atom stereocenters. The predicted molar refractivity (Wildman–Crippen MR) is 117 cm³/mol. The molecule has 0 radical (unpaired) electrons. The highest BCUT2D eigenvalue weighted by molar-refractivity contribution is 7.92. The molecule has 0 spiro atoms. The third-order valence-electron chi connectivity index (χ3n) is 4.26. The Morgan fingerprint density at radius 1 is 0.968 bits per heavy atom. The number of halogens is 1. The van der Waals surface area contributed by atoms with Crippen molar-refractivity contribution in [2.24, 2.45) is 0 Å². The lowest BCUT2D eigenvalue weighted by Gasteiger charge is -2.10. The number of carbonyl (C=O) groups is 1. The summed E-state index contributed by atoms with van der Waals surface area (Å²) >= 11 is 5.81. The van der Waals surface area contributed by atoms with Gasteiger partial charge >= 0.3 is 5.63 Å². The fraction of sp³-hybridized carbons (Fsp3) is 0. The van der Waals surface area contributed by atoms with Crippen molar-refractivity contribution in [3.8, 4) is 0 Å². The van der Waals surface area contributed by atoms with E-state index in [2.05, 4.69) is 15.0 Å². The van der Waals surface area contributed by atoms with Gasteiger partial charge in [-0.15, -0.1) is 0 Å². The van der Waals surface area contributed by atoms with Crippen LogP contribution in [0.1, 0.15) is 10.4 Å². The first kappa shape index (κ1) is 20.6. The molecule has 2 aromatic carbocycles. The smallest absolute Gasteiger partial charge is 0.336 e. The van der Waals surface area contributed by atoms with E-state index in [1.165, 1.54) is 42.6 Å². The SMILES string of the molecule is O=C(Nc1ccnc(S(=O)(=O)Nc2ccc(Cl)cc2)c1)c1cccc2ccc(=O)oc12. The number of hydrogen-bond acceptors (Lipinski definition) is 6. The molecule has 2 N–H and O–H groups in total. The number of amides is 1. The minimum Gasteiger partial charge on any atom is -0.422 e. The molecule has 31 heavy (non-hydrogen) atoms. The summed E-state index contributed by atoms with van der Waals surface area (Å²) in [4.78, 5) is 28.2. The summed E-state index contributed by atoms with van der Waals surface area (Å²) in [6.45, 7) is 0. The number of pyridine rings is 1. The molecule has 2 heterocycles. The van der Waals surface area contributed by atoms with Crippen molar-refractivity contribution in [3.63, 3.8) is 0 Å². The van der Waals surface area contributed by atoms with Gasteiger partial charge in [0.05, 0.1) is 5.56 Å². The van der Waals surface area contributed by atoms with Gasteiger partial charge in [-0.2, -0.15) is 8.42 Å². The standard InChI is InChI=1S/C21H14ClN3O5S/c22-14-5-7-15(8-6-14)25-31(28,29)18-12-16(10-11-23-18)24-21(27)17-3-1-2-13-4-9-19(26)30-20(13)17/h1-12,25H,(H,23,24,27). The second-order valence-electron chi connectivity index (χ2n) is 6.43. The summed E-state index contributed by atoms with van der Waals surface area (Å²) < 4.78 is 32.8. The first-order chi connectivity index (χ1) is 14.8. The van der Waals surface area contributed by atoms with Gasteiger partial charge in [0.1, 0.15) is 0 Å². The van der Waals surface area contributed by atoms with Crippen molar-refractivity contribution < 1.29 is 17.6 Å². The number of nitrogens with one attached hydrogen (secondary N) is 2. The average Bonchev–Trinajstić information content (AvgIpc) is 2.75. The van der Waals surface area contributed by atoms with Gasteiger partial charge < -0.3 is 9.73 Å². The molecule has 0 saturated heterocycles. The van der Waals surface area contributed by atoms with Gasteiger partial charge in [-0.25, -0.2) is 9.78 Å². The number of rotatable bonds is 5. The number of carbonyl (C=O) groups excluding carboxylic acids is 1. The molecule has 8 nitrogen and oxygen atoms in total. The van der Waals surface area contributed by atoms with E-state index in [9.17, 15) is 18.0 Å².